The number of pyridine rings is 3. The summed E-state index contributed by atoms with van der Waals surface area (Å²) >= 11 is 6.11. The number of aromatic amines is 1. The number of rotatable bonds is 8. The van der Waals surface area contributed by atoms with E-state index in [-0.39, 0.29) is 5.82 Å². The van der Waals surface area contributed by atoms with Gasteiger partial charge in [0.1, 0.15) is 17.2 Å². The van der Waals surface area contributed by atoms with Gasteiger partial charge >= 0.3 is 12.3 Å². The van der Waals surface area contributed by atoms with Crippen molar-refractivity contribution >= 4 is 34.5 Å². The van der Waals surface area contributed by atoms with E-state index in [0.29, 0.717) is 35.6 Å². The van der Waals surface area contributed by atoms with Crippen LogP contribution >= 0.6 is 11.6 Å². The third-order valence-electron chi connectivity index (χ3n) is 7.33. The highest BCUT2D eigenvalue weighted by molar-refractivity contribution is 6.31. The molecule has 4 aromatic heterocycles. The molecular formula is C28H29ClF3N7O2. The largest absolute Gasteiger partial charge is 0.465 e. The van der Waals surface area contributed by atoms with Crippen molar-refractivity contribution in [2.24, 2.45) is 0 Å². The quantitative estimate of drug-likeness (QED) is 0.281. The lowest BCUT2D eigenvalue weighted by Crippen LogP contribution is -2.45. The van der Waals surface area contributed by atoms with E-state index >= 15 is 0 Å². The summed E-state index contributed by atoms with van der Waals surface area (Å²) in [6.45, 7) is 3.98. The van der Waals surface area contributed by atoms with Gasteiger partial charge in [-0.3, -0.25) is 9.88 Å². The molecule has 1 saturated heterocycles. The molecule has 0 aromatic carbocycles. The van der Waals surface area contributed by atoms with Crippen molar-refractivity contribution in [2.75, 3.05) is 44.7 Å². The van der Waals surface area contributed by atoms with Crippen molar-refractivity contribution in [3.05, 3.63) is 82.5 Å². The van der Waals surface area contributed by atoms with E-state index in [4.69, 9.17) is 11.6 Å². The van der Waals surface area contributed by atoms with Crippen molar-refractivity contribution in [2.45, 2.75) is 25.1 Å². The van der Waals surface area contributed by atoms with Crippen molar-refractivity contribution in [3.63, 3.8) is 0 Å². The number of carboxylic acid groups (broad SMARTS) is 1. The van der Waals surface area contributed by atoms with Crippen LogP contribution < -0.4 is 4.90 Å². The lowest BCUT2D eigenvalue weighted by atomic mass is 10.0. The number of aromatic nitrogens is 4. The van der Waals surface area contributed by atoms with E-state index < -0.39 is 24.0 Å². The fraction of sp³-hybridized carbons (Fsp3) is 0.357. The molecule has 5 heterocycles. The van der Waals surface area contributed by atoms with E-state index in [2.05, 4.69) is 29.7 Å². The molecule has 1 fully saturated rings. The number of alkyl halides is 3. The lowest BCUT2D eigenvalue weighted by Gasteiger charge is -2.35. The molecule has 5 rings (SSSR count). The Balaban J connectivity index is 1.41. The normalized spacial score (nSPS) is 15.7. The van der Waals surface area contributed by atoms with Gasteiger partial charge in [-0.15, -0.1) is 0 Å². The lowest BCUT2D eigenvalue weighted by molar-refractivity contribution is -0.141. The number of anilines is 1. The third kappa shape index (κ3) is 6.77. The molecule has 0 saturated carbocycles. The van der Waals surface area contributed by atoms with Crippen LogP contribution in [0.3, 0.4) is 0 Å². The topological polar surface area (TPSA) is 101 Å². The molecule has 4 aromatic rings. The predicted octanol–water partition coefficient (Wildman–Crippen LogP) is 5.48. The van der Waals surface area contributed by atoms with Crippen molar-refractivity contribution < 1.29 is 23.1 Å². The maximum atomic E-state index is 13.2. The second-order valence-corrected chi connectivity index (χ2v) is 10.6. The number of fused-ring (bicyclic) bond motifs is 1. The number of carbonyl (C=O) groups is 1. The molecule has 1 unspecified atom stereocenters. The highest BCUT2D eigenvalue weighted by Crippen LogP contribution is 2.33. The van der Waals surface area contributed by atoms with Gasteiger partial charge in [-0.05, 0) is 48.4 Å². The number of nitrogens with zero attached hydrogens (tertiary/aromatic N) is 6. The summed E-state index contributed by atoms with van der Waals surface area (Å²) in [6, 6.07) is 6.62. The molecule has 0 bridgehead atoms. The minimum atomic E-state index is -4.59. The average Bonchev–Trinajstić information content (AvgIpc) is 3.33. The molecule has 0 radical (unpaired) electrons. The maximum Gasteiger partial charge on any atom is 0.433 e. The standard InChI is InChI=1S/C28H29ClF3N7O2/c1-37-8-10-38(11-9-37)7-6-23(19-3-4-24(33-15-19)28(30,31)32)39(27(40)41)25-5-2-18(14-34-25)12-20-16-35-26-22(20)13-21(29)17-36-26/h2-5,13-17,23H,6-12H2,1H3,(H,35,36)(H,40,41). The first kappa shape index (κ1) is 28.8. The maximum absolute atomic E-state index is 13.2. The second kappa shape index (κ2) is 12.0. The molecule has 1 atom stereocenters. The van der Waals surface area contributed by atoms with Crippen LogP contribution in [0.2, 0.25) is 5.02 Å². The minimum absolute atomic E-state index is 0.174. The Bertz CT molecular complexity index is 1490. The number of H-pyrrole nitrogens is 1. The van der Waals surface area contributed by atoms with Gasteiger partial charge in [-0.1, -0.05) is 23.7 Å². The summed E-state index contributed by atoms with van der Waals surface area (Å²) in [5.41, 5.74) is 1.84. The van der Waals surface area contributed by atoms with Crippen LogP contribution in [0.4, 0.5) is 23.8 Å². The van der Waals surface area contributed by atoms with E-state index in [1.54, 1.807) is 24.5 Å². The zero-order valence-corrected chi connectivity index (χ0v) is 23.0. The van der Waals surface area contributed by atoms with E-state index in [1.165, 1.54) is 6.07 Å². The van der Waals surface area contributed by atoms with Crippen LogP contribution in [0.5, 0.6) is 0 Å². The van der Waals surface area contributed by atoms with Gasteiger partial charge in [0.2, 0.25) is 0 Å². The molecule has 216 valence electrons. The Kier molecular flexibility index (Phi) is 8.43. The van der Waals surface area contributed by atoms with Crippen LogP contribution in [0.1, 0.15) is 34.8 Å². The molecular weight excluding hydrogens is 559 g/mol. The van der Waals surface area contributed by atoms with Crippen LogP contribution in [0.15, 0.2) is 55.1 Å². The molecule has 1 aliphatic heterocycles. The number of amides is 1. The Labute approximate surface area is 239 Å². The van der Waals surface area contributed by atoms with Crippen LogP contribution in [0, 0.1) is 0 Å². The number of piperazine rings is 1. The first-order valence-electron chi connectivity index (χ1n) is 13.1. The SMILES string of the molecule is CN1CCN(CCC(c2ccc(C(F)(F)F)nc2)N(C(=O)O)c2ccc(Cc3c[nH]c4ncc(Cl)cc34)cn2)CC1. The Morgan fingerprint density at radius 2 is 1.88 bits per heavy atom. The average molecular weight is 588 g/mol. The summed E-state index contributed by atoms with van der Waals surface area (Å²) in [5.74, 6) is 0.174. The monoisotopic (exact) mass is 587 g/mol. The molecule has 2 N–H and O–H groups in total. The smallest absolute Gasteiger partial charge is 0.433 e. The number of hydrogen-bond acceptors (Lipinski definition) is 6. The van der Waals surface area contributed by atoms with Crippen molar-refractivity contribution in [3.8, 4) is 0 Å². The zero-order valence-electron chi connectivity index (χ0n) is 22.3. The van der Waals surface area contributed by atoms with Crippen LogP contribution in [-0.4, -0.2) is 80.7 Å². The molecule has 0 spiro atoms. The fourth-order valence-corrected chi connectivity index (χ4v) is 5.20. The van der Waals surface area contributed by atoms with Crippen molar-refractivity contribution in [1.29, 1.82) is 0 Å². The van der Waals surface area contributed by atoms with Gasteiger partial charge in [0.25, 0.3) is 0 Å². The van der Waals surface area contributed by atoms with Gasteiger partial charge in [-0.25, -0.2) is 14.8 Å². The van der Waals surface area contributed by atoms with Gasteiger partial charge in [0, 0.05) is 69.3 Å². The Morgan fingerprint density at radius 3 is 2.51 bits per heavy atom. The highest BCUT2D eigenvalue weighted by Gasteiger charge is 2.34. The number of nitrogens with one attached hydrogen (secondary N) is 1. The number of halogens is 4. The predicted molar refractivity (Wildman–Crippen MR) is 149 cm³/mol. The highest BCUT2D eigenvalue weighted by atomic mass is 35.5. The second-order valence-electron chi connectivity index (χ2n) is 10.1. The summed E-state index contributed by atoms with van der Waals surface area (Å²) < 4.78 is 39.5. The molecule has 13 heteroatoms. The summed E-state index contributed by atoms with van der Waals surface area (Å²) in [4.78, 5) is 33.6. The van der Waals surface area contributed by atoms with Gasteiger partial charge in [0.15, 0.2) is 0 Å². The van der Waals surface area contributed by atoms with Crippen LogP contribution in [-0.2, 0) is 12.6 Å². The summed E-state index contributed by atoms with van der Waals surface area (Å²) in [5, 5.41) is 11.7. The molecule has 1 amide bonds. The van der Waals surface area contributed by atoms with Crippen LogP contribution in [0.25, 0.3) is 11.0 Å². The van der Waals surface area contributed by atoms with Gasteiger partial charge < -0.3 is 19.9 Å². The Morgan fingerprint density at radius 1 is 1.10 bits per heavy atom. The third-order valence-corrected chi connectivity index (χ3v) is 7.53. The van der Waals surface area contributed by atoms with E-state index in [1.807, 2.05) is 19.3 Å². The first-order chi connectivity index (χ1) is 19.6. The minimum Gasteiger partial charge on any atom is -0.465 e. The zero-order chi connectivity index (χ0) is 29.1. The number of hydrogen-bond donors (Lipinski definition) is 2. The van der Waals surface area contributed by atoms with Crippen molar-refractivity contribution in [1.82, 2.24) is 29.7 Å². The molecule has 0 aliphatic carbocycles. The molecule has 41 heavy (non-hydrogen) atoms. The fourth-order valence-electron chi connectivity index (χ4n) is 5.04. The van der Waals surface area contributed by atoms with Gasteiger partial charge in [0.05, 0.1) is 11.1 Å². The van der Waals surface area contributed by atoms with Gasteiger partial charge in [-0.2, -0.15) is 13.2 Å². The number of likely N-dealkylation sites (N-methyl/N-ethyl adjacent to an activating group) is 1. The molecule has 1 aliphatic rings. The molecule has 9 nitrogen and oxygen atoms in total. The summed E-state index contributed by atoms with van der Waals surface area (Å²) in [7, 11) is 2.04. The first-order valence-corrected chi connectivity index (χ1v) is 13.5. The summed E-state index contributed by atoms with van der Waals surface area (Å²) in [6.07, 6.45) is 1.14. The van der Waals surface area contributed by atoms with E-state index in [9.17, 15) is 23.1 Å². The Hall–Kier alpha value is -3.74. The van der Waals surface area contributed by atoms with E-state index in [0.717, 1.165) is 59.9 Å².